The Labute approximate surface area is 93.4 Å². The van der Waals surface area contributed by atoms with E-state index in [1.807, 2.05) is 0 Å². The highest BCUT2D eigenvalue weighted by molar-refractivity contribution is 5.75. The van der Waals surface area contributed by atoms with E-state index >= 15 is 0 Å². The molecule has 1 atom stereocenters. The van der Waals surface area contributed by atoms with Crippen LogP contribution in [0, 0.1) is 5.92 Å². The number of amides is 1. The van der Waals surface area contributed by atoms with Crippen LogP contribution in [0.3, 0.4) is 0 Å². The molecule has 0 aromatic carbocycles. The smallest absolute Gasteiger partial charge is 0.223 e. The molecule has 1 unspecified atom stereocenters. The summed E-state index contributed by atoms with van der Waals surface area (Å²) in [6.07, 6.45) is 0.595. The molecule has 15 heavy (non-hydrogen) atoms. The second-order valence-corrected chi connectivity index (χ2v) is 4.27. The van der Waals surface area contributed by atoms with E-state index in [0.717, 1.165) is 19.6 Å². The van der Waals surface area contributed by atoms with E-state index < -0.39 is 0 Å². The van der Waals surface area contributed by atoms with Gasteiger partial charge in [0.05, 0.1) is 0 Å². The van der Waals surface area contributed by atoms with E-state index in [1.54, 1.807) is 19.0 Å². The Balaban J connectivity index is 3.84. The van der Waals surface area contributed by atoms with Crippen LogP contribution < -0.4 is 5.73 Å². The zero-order chi connectivity index (χ0) is 11.8. The van der Waals surface area contributed by atoms with Gasteiger partial charge in [-0.15, -0.1) is 0 Å². The van der Waals surface area contributed by atoms with Crippen LogP contribution in [0.2, 0.25) is 0 Å². The molecule has 90 valence electrons. The first kappa shape index (κ1) is 14.4. The Kier molecular flexibility index (Phi) is 7.34. The molecule has 0 aliphatic carbocycles. The van der Waals surface area contributed by atoms with Crippen LogP contribution in [0.1, 0.15) is 20.3 Å². The van der Waals surface area contributed by atoms with E-state index in [9.17, 15) is 4.79 Å². The van der Waals surface area contributed by atoms with Crippen molar-refractivity contribution in [1.82, 2.24) is 9.80 Å². The van der Waals surface area contributed by atoms with Crippen molar-refractivity contribution in [3.8, 4) is 0 Å². The highest BCUT2D eigenvalue weighted by atomic mass is 16.2. The van der Waals surface area contributed by atoms with Gasteiger partial charge in [-0.2, -0.15) is 0 Å². The molecule has 0 rings (SSSR count). The molecular weight excluding hydrogens is 190 g/mol. The summed E-state index contributed by atoms with van der Waals surface area (Å²) >= 11 is 0. The minimum atomic E-state index is 0.189. The fourth-order valence-electron chi connectivity index (χ4n) is 1.37. The van der Waals surface area contributed by atoms with Crippen LogP contribution in [0.15, 0.2) is 0 Å². The van der Waals surface area contributed by atoms with Gasteiger partial charge < -0.3 is 15.5 Å². The van der Waals surface area contributed by atoms with Gasteiger partial charge in [0, 0.05) is 33.6 Å². The van der Waals surface area contributed by atoms with E-state index in [-0.39, 0.29) is 5.91 Å². The molecule has 0 aromatic rings. The Morgan fingerprint density at radius 2 is 2.00 bits per heavy atom. The largest absolute Gasteiger partial charge is 0.349 e. The van der Waals surface area contributed by atoms with E-state index in [1.165, 1.54) is 0 Å². The molecule has 0 aliphatic heterocycles. The van der Waals surface area contributed by atoms with Gasteiger partial charge in [0.1, 0.15) is 0 Å². The summed E-state index contributed by atoms with van der Waals surface area (Å²) in [7, 11) is 3.59. The van der Waals surface area contributed by atoms with Crippen molar-refractivity contribution in [2.45, 2.75) is 20.3 Å². The molecule has 0 fully saturated rings. The molecule has 2 N–H and O–H groups in total. The van der Waals surface area contributed by atoms with Crippen molar-refractivity contribution < 1.29 is 4.79 Å². The Morgan fingerprint density at radius 3 is 2.40 bits per heavy atom. The number of rotatable bonds is 7. The van der Waals surface area contributed by atoms with Gasteiger partial charge in [-0.3, -0.25) is 4.79 Å². The molecule has 4 nitrogen and oxygen atoms in total. The maximum atomic E-state index is 11.4. The lowest BCUT2D eigenvalue weighted by atomic mass is 10.1. The standard InChI is InChI=1S/C11H25N3O/c1-5-14(9-10(2)8-12)7-6-11(15)13(3)4/h10H,5-9,12H2,1-4H3. The maximum absolute atomic E-state index is 11.4. The monoisotopic (exact) mass is 215 g/mol. The number of carbonyl (C=O) groups excluding carboxylic acids is 1. The topological polar surface area (TPSA) is 49.6 Å². The van der Waals surface area contributed by atoms with E-state index in [0.29, 0.717) is 18.9 Å². The van der Waals surface area contributed by atoms with Gasteiger partial charge in [-0.25, -0.2) is 0 Å². The number of nitrogens with zero attached hydrogens (tertiary/aromatic N) is 2. The molecular formula is C11H25N3O. The predicted octanol–water partition coefficient (Wildman–Crippen LogP) is 0.381. The van der Waals surface area contributed by atoms with Crippen LogP contribution >= 0.6 is 0 Å². The lowest BCUT2D eigenvalue weighted by Crippen LogP contribution is -2.34. The van der Waals surface area contributed by atoms with Crippen molar-refractivity contribution in [3.63, 3.8) is 0 Å². The second kappa shape index (κ2) is 7.65. The summed E-state index contributed by atoms with van der Waals surface area (Å²) in [5, 5.41) is 0. The lowest BCUT2D eigenvalue weighted by molar-refractivity contribution is -0.129. The van der Waals surface area contributed by atoms with E-state index in [4.69, 9.17) is 5.73 Å². The molecule has 0 spiro atoms. The maximum Gasteiger partial charge on any atom is 0.223 e. The van der Waals surface area contributed by atoms with Crippen molar-refractivity contribution in [2.24, 2.45) is 11.7 Å². The van der Waals surface area contributed by atoms with Gasteiger partial charge in [-0.1, -0.05) is 13.8 Å². The summed E-state index contributed by atoms with van der Waals surface area (Å²) in [6, 6.07) is 0. The highest BCUT2D eigenvalue weighted by Gasteiger charge is 2.10. The normalized spacial score (nSPS) is 12.9. The van der Waals surface area contributed by atoms with Gasteiger partial charge in [0.2, 0.25) is 5.91 Å². The predicted molar refractivity (Wildman–Crippen MR) is 63.6 cm³/mol. The van der Waals surface area contributed by atoms with Crippen LogP contribution in [0.4, 0.5) is 0 Å². The molecule has 1 amide bonds. The molecule has 0 bridgehead atoms. The number of hydrogen-bond acceptors (Lipinski definition) is 3. The third-order valence-corrected chi connectivity index (χ3v) is 2.56. The minimum absolute atomic E-state index is 0.189. The third-order valence-electron chi connectivity index (χ3n) is 2.56. The summed E-state index contributed by atoms with van der Waals surface area (Å²) in [6.45, 7) is 7.74. The van der Waals surface area contributed by atoms with Gasteiger partial charge >= 0.3 is 0 Å². The molecule has 0 saturated carbocycles. The third kappa shape index (κ3) is 6.47. The van der Waals surface area contributed by atoms with Crippen LogP contribution in [-0.2, 0) is 4.79 Å². The highest BCUT2D eigenvalue weighted by Crippen LogP contribution is 2.00. The zero-order valence-corrected chi connectivity index (χ0v) is 10.5. The fraction of sp³-hybridized carbons (Fsp3) is 0.909. The molecule has 0 radical (unpaired) electrons. The first-order valence-corrected chi connectivity index (χ1v) is 5.63. The van der Waals surface area contributed by atoms with Crippen molar-refractivity contribution in [1.29, 1.82) is 0 Å². The van der Waals surface area contributed by atoms with E-state index in [2.05, 4.69) is 18.7 Å². The van der Waals surface area contributed by atoms with Crippen molar-refractivity contribution >= 4 is 5.91 Å². The summed E-state index contributed by atoms with van der Waals surface area (Å²) in [4.78, 5) is 15.3. The second-order valence-electron chi connectivity index (χ2n) is 4.27. The number of carbonyl (C=O) groups is 1. The number of nitrogens with two attached hydrogens (primary N) is 1. The van der Waals surface area contributed by atoms with Crippen molar-refractivity contribution in [2.75, 3.05) is 40.3 Å². The fourth-order valence-corrected chi connectivity index (χ4v) is 1.37. The molecule has 0 saturated heterocycles. The van der Waals surface area contributed by atoms with Crippen LogP contribution in [-0.4, -0.2) is 56.0 Å². The Morgan fingerprint density at radius 1 is 1.40 bits per heavy atom. The molecule has 0 heterocycles. The summed E-state index contributed by atoms with van der Waals surface area (Å²) < 4.78 is 0. The summed E-state index contributed by atoms with van der Waals surface area (Å²) in [5.74, 6) is 0.688. The SMILES string of the molecule is CCN(CCC(=O)N(C)C)CC(C)CN. The first-order chi connectivity index (χ1) is 7.01. The Hall–Kier alpha value is -0.610. The summed E-state index contributed by atoms with van der Waals surface area (Å²) in [5.41, 5.74) is 5.58. The van der Waals surface area contributed by atoms with Crippen molar-refractivity contribution in [3.05, 3.63) is 0 Å². The molecule has 0 aliphatic rings. The molecule has 4 heteroatoms. The van der Waals surface area contributed by atoms with Crippen LogP contribution in [0.5, 0.6) is 0 Å². The van der Waals surface area contributed by atoms with Gasteiger partial charge in [0.25, 0.3) is 0 Å². The average Bonchev–Trinajstić information content (AvgIpc) is 2.22. The molecule has 0 aromatic heterocycles. The Bertz CT molecular complexity index is 183. The number of hydrogen-bond donors (Lipinski definition) is 1. The van der Waals surface area contributed by atoms with Gasteiger partial charge in [-0.05, 0) is 19.0 Å². The quantitative estimate of drug-likeness (QED) is 0.668. The van der Waals surface area contributed by atoms with Crippen LogP contribution in [0.25, 0.3) is 0 Å². The zero-order valence-electron chi connectivity index (χ0n) is 10.5. The van der Waals surface area contributed by atoms with Gasteiger partial charge in [0.15, 0.2) is 0 Å². The minimum Gasteiger partial charge on any atom is -0.349 e. The average molecular weight is 215 g/mol. The lowest BCUT2D eigenvalue weighted by Gasteiger charge is -2.23. The first-order valence-electron chi connectivity index (χ1n) is 5.63.